The molecule has 0 radical (unpaired) electrons. The summed E-state index contributed by atoms with van der Waals surface area (Å²) in [7, 11) is 0. The molecular formula is C10H11NW. The van der Waals surface area contributed by atoms with Crippen molar-refractivity contribution in [1.29, 1.82) is 0 Å². The van der Waals surface area contributed by atoms with E-state index in [0.29, 0.717) is 0 Å². The van der Waals surface area contributed by atoms with Gasteiger partial charge in [0.05, 0.1) is 0 Å². The van der Waals surface area contributed by atoms with E-state index >= 15 is 0 Å². The molecule has 0 aromatic heterocycles. The zero-order valence-corrected chi connectivity index (χ0v) is 9.77. The number of hydrogen-bond donors (Lipinski definition) is 1. The molecule has 2 rings (SSSR count). The van der Waals surface area contributed by atoms with E-state index in [-0.39, 0.29) is 0 Å². The van der Waals surface area contributed by atoms with Crippen LogP contribution >= 0.6 is 0 Å². The first-order chi connectivity index (χ1) is 5.86. The van der Waals surface area contributed by atoms with Crippen molar-refractivity contribution in [3.05, 3.63) is 35.4 Å². The summed E-state index contributed by atoms with van der Waals surface area (Å²) in [5.41, 5.74) is 2.98. The average Bonchev–Trinajstić information content (AvgIpc) is 2.29. The van der Waals surface area contributed by atoms with Gasteiger partial charge in [0.25, 0.3) is 0 Å². The number of benzene rings is 1. The molecule has 1 aliphatic rings. The summed E-state index contributed by atoms with van der Waals surface area (Å²) in [5, 5.41) is 3.45. The summed E-state index contributed by atoms with van der Waals surface area (Å²) in [5.74, 6) is 0. The van der Waals surface area contributed by atoms with Crippen LogP contribution in [0.25, 0.3) is 0 Å². The molecule has 12 heavy (non-hydrogen) atoms. The van der Waals surface area contributed by atoms with Crippen LogP contribution in [0, 0.1) is 0 Å². The summed E-state index contributed by atoms with van der Waals surface area (Å²) in [6, 6.07) is 8.71. The second kappa shape index (κ2) is 3.63. The van der Waals surface area contributed by atoms with E-state index in [2.05, 4.69) is 29.6 Å². The molecule has 0 fully saturated rings. The molecule has 0 aliphatic carbocycles. The fourth-order valence-corrected chi connectivity index (χ4v) is 2.13. The molecule has 1 heterocycles. The Morgan fingerprint density at radius 3 is 2.67 bits per heavy atom. The van der Waals surface area contributed by atoms with E-state index in [4.69, 9.17) is 0 Å². The molecule has 1 nitrogen and oxygen atoms in total. The molecule has 1 aromatic carbocycles. The van der Waals surface area contributed by atoms with Gasteiger partial charge in [-0.1, -0.05) is 0 Å². The monoisotopic (exact) mass is 329 g/mol. The Kier molecular flexibility index (Phi) is 2.53. The van der Waals surface area contributed by atoms with E-state index in [1.54, 1.807) is 19.4 Å². The van der Waals surface area contributed by atoms with E-state index in [1.165, 1.54) is 28.0 Å². The molecule has 1 N–H and O–H groups in total. The first-order valence-corrected chi connectivity index (χ1v) is 5.66. The van der Waals surface area contributed by atoms with Crippen LogP contribution in [-0.2, 0) is 32.3 Å². The predicted octanol–water partition coefficient (Wildman–Crippen LogP) is 1.40. The number of nitrogens with one attached hydrogen (secondary N) is 1. The van der Waals surface area contributed by atoms with Gasteiger partial charge in [0.15, 0.2) is 0 Å². The van der Waals surface area contributed by atoms with Gasteiger partial charge in [-0.2, -0.15) is 0 Å². The van der Waals surface area contributed by atoms with Crippen molar-refractivity contribution in [2.24, 2.45) is 0 Å². The Morgan fingerprint density at radius 2 is 1.83 bits per heavy atom. The maximum atomic E-state index is 3.45. The van der Waals surface area contributed by atoms with Crippen LogP contribution in [-0.4, -0.2) is 4.02 Å². The minimum atomic E-state index is 1.02. The second-order valence-corrected chi connectivity index (χ2v) is 4.82. The third-order valence-corrected chi connectivity index (χ3v) is 3.47. The van der Waals surface area contributed by atoms with Crippen molar-refractivity contribution in [3.63, 3.8) is 0 Å². The van der Waals surface area contributed by atoms with Crippen molar-refractivity contribution in [2.45, 2.75) is 19.4 Å². The third-order valence-electron chi connectivity index (χ3n) is 2.22. The second-order valence-electron chi connectivity index (χ2n) is 3.05. The number of rotatable bonds is 0. The summed E-state index contributed by atoms with van der Waals surface area (Å²) in [4.78, 5) is 0. The summed E-state index contributed by atoms with van der Waals surface area (Å²) in [6.45, 7) is 1.02. The zero-order chi connectivity index (χ0) is 8.39. The first kappa shape index (κ1) is 8.34. The van der Waals surface area contributed by atoms with Gasteiger partial charge in [0, 0.05) is 0 Å². The Labute approximate surface area is 83.6 Å². The fraction of sp³-hybridized carbons (Fsp3) is 0.300. The van der Waals surface area contributed by atoms with Gasteiger partial charge >= 0.3 is 83.5 Å². The fourth-order valence-electron chi connectivity index (χ4n) is 1.50. The van der Waals surface area contributed by atoms with E-state index in [1.807, 2.05) is 0 Å². The maximum absolute atomic E-state index is 3.45. The molecule has 0 saturated carbocycles. The molecule has 1 aromatic rings. The van der Waals surface area contributed by atoms with Gasteiger partial charge in [0.2, 0.25) is 0 Å². The molecule has 62 valence electrons. The summed E-state index contributed by atoms with van der Waals surface area (Å²) in [6.07, 6.45) is 2.42. The van der Waals surface area contributed by atoms with Crippen LogP contribution in [0.2, 0.25) is 0 Å². The van der Waals surface area contributed by atoms with Crippen LogP contribution in [0.1, 0.15) is 17.5 Å². The van der Waals surface area contributed by atoms with Crippen molar-refractivity contribution in [3.8, 4) is 0 Å². The Bertz CT molecular complexity index is 277. The predicted molar refractivity (Wildman–Crippen MR) is 46.6 cm³/mol. The van der Waals surface area contributed by atoms with Crippen LogP contribution in [0.4, 0.5) is 0 Å². The van der Waals surface area contributed by atoms with E-state index in [0.717, 1.165) is 6.54 Å². The van der Waals surface area contributed by atoms with Crippen molar-refractivity contribution in [2.75, 3.05) is 0 Å². The zero-order valence-electron chi connectivity index (χ0n) is 6.84. The molecule has 2 heteroatoms. The van der Waals surface area contributed by atoms with Crippen LogP contribution in [0.5, 0.6) is 0 Å². The molecule has 0 spiro atoms. The molecule has 0 amide bonds. The number of fused-ring (bicyclic) bond motifs is 1. The van der Waals surface area contributed by atoms with Crippen molar-refractivity contribution in [1.82, 2.24) is 5.32 Å². The molecule has 0 bridgehead atoms. The summed E-state index contributed by atoms with van der Waals surface area (Å²) >= 11 is 1.58. The van der Waals surface area contributed by atoms with Crippen molar-refractivity contribution < 1.29 is 19.4 Å². The van der Waals surface area contributed by atoms with Gasteiger partial charge in [-0.3, -0.25) is 0 Å². The van der Waals surface area contributed by atoms with Crippen molar-refractivity contribution >= 4 is 4.02 Å². The Balaban J connectivity index is 2.32. The van der Waals surface area contributed by atoms with Gasteiger partial charge in [-0.15, -0.1) is 0 Å². The topological polar surface area (TPSA) is 12.0 Å². The molecular weight excluding hydrogens is 318 g/mol. The molecule has 0 unspecified atom stereocenters. The number of aryl methyl sites for hydroxylation is 1. The summed E-state index contributed by atoms with van der Waals surface area (Å²) < 4.78 is 1.49. The van der Waals surface area contributed by atoms with Crippen LogP contribution in [0.3, 0.4) is 0 Å². The average molecular weight is 329 g/mol. The Morgan fingerprint density at radius 1 is 1.08 bits per heavy atom. The van der Waals surface area contributed by atoms with Gasteiger partial charge in [-0.05, 0) is 0 Å². The Hall–Kier alpha value is -0.262. The quantitative estimate of drug-likeness (QED) is 0.759. The van der Waals surface area contributed by atoms with Crippen LogP contribution < -0.4 is 5.32 Å². The molecule has 0 atom stereocenters. The SMILES string of the molecule is [W]=[C]1CCc2ccccc2CN1. The van der Waals surface area contributed by atoms with Crippen LogP contribution in [0.15, 0.2) is 24.3 Å². The van der Waals surface area contributed by atoms with E-state index < -0.39 is 0 Å². The minimum absolute atomic E-state index is 1.02. The number of hydrogen-bond acceptors (Lipinski definition) is 1. The standard InChI is InChI=1S/C10H11N.W/c1-2-5-10-8-11-7-3-6-9(10)4-1;/h1-2,4-5,11H,3,6,8H2;. The van der Waals surface area contributed by atoms with E-state index in [9.17, 15) is 0 Å². The van der Waals surface area contributed by atoms with Gasteiger partial charge < -0.3 is 0 Å². The normalized spacial score (nSPS) is 16.8. The first-order valence-electron chi connectivity index (χ1n) is 4.20. The molecule has 0 saturated heterocycles. The third kappa shape index (κ3) is 1.73. The molecule has 1 aliphatic heterocycles. The van der Waals surface area contributed by atoms with Gasteiger partial charge in [-0.25, -0.2) is 0 Å². The van der Waals surface area contributed by atoms with Gasteiger partial charge in [0.1, 0.15) is 0 Å².